The molecule has 0 saturated heterocycles. The van der Waals surface area contributed by atoms with Crippen LogP contribution in [-0.4, -0.2) is 24.4 Å². The van der Waals surface area contributed by atoms with Crippen molar-refractivity contribution >= 4 is 0 Å². The summed E-state index contributed by atoms with van der Waals surface area (Å²) in [5.74, 6) is 3.32. The van der Waals surface area contributed by atoms with Gasteiger partial charge in [0, 0.05) is 7.11 Å². The number of rotatable bonds is 1. The average molecular weight is 306 g/mol. The molecule has 0 bridgehead atoms. The van der Waals surface area contributed by atoms with E-state index in [-0.39, 0.29) is 6.10 Å². The molecule has 4 aliphatic carbocycles. The van der Waals surface area contributed by atoms with Crippen molar-refractivity contribution < 1.29 is 9.84 Å². The van der Waals surface area contributed by atoms with Gasteiger partial charge in [-0.15, -0.1) is 0 Å². The first-order valence-electron chi connectivity index (χ1n) is 9.69. The Morgan fingerprint density at radius 3 is 2.50 bits per heavy atom. The van der Waals surface area contributed by atoms with Crippen molar-refractivity contribution in [3.8, 4) is 0 Å². The minimum absolute atomic E-state index is 0.0262. The predicted molar refractivity (Wildman–Crippen MR) is 88.5 cm³/mol. The van der Waals surface area contributed by atoms with Crippen LogP contribution in [0.15, 0.2) is 0 Å². The number of aliphatic hydroxyl groups is 1. The van der Waals surface area contributed by atoms with Gasteiger partial charge in [0.1, 0.15) is 0 Å². The number of aliphatic hydroxyl groups excluding tert-OH is 1. The molecule has 0 amide bonds. The third kappa shape index (κ3) is 2.05. The van der Waals surface area contributed by atoms with Gasteiger partial charge in [-0.3, -0.25) is 0 Å². The fraction of sp³-hybridized carbons (Fsp3) is 1.00. The smallest absolute Gasteiger partial charge is 0.0607 e. The summed E-state index contributed by atoms with van der Waals surface area (Å²) in [6.07, 6.45) is 12.0. The Morgan fingerprint density at radius 1 is 0.955 bits per heavy atom. The summed E-state index contributed by atoms with van der Waals surface area (Å²) in [6, 6.07) is 0. The van der Waals surface area contributed by atoms with Crippen molar-refractivity contribution in [1.82, 2.24) is 0 Å². The molecular formula is C20H34O2. The van der Waals surface area contributed by atoms with E-state index in [0.29, 0.717) is 16.9 Å². The van der Waals surface area contributed by atoms with Gasteiger partial charge >= 0.3 is 0 Å². The Bertz CT molecular complexity index is 435. The second-order valence-corrected chi connectivity index (χ2v) is 9.51. The van der Waals surface area contributed by atoms with Crippen LogP contribution in [0.3, 0.4) is 0 Å². The van der Waals surface area contributed by atoms with Gasteiger partial charge in [-0.05, 0) is 92.3 Å². The standard InChI is InChI=1S/C20H34O2/c1-19-9-7-16-15(18(19)17(22-3)8-10-19)5-4-13-12-14(21)6-11-20(13,16)2/h13-18,21H,4-12H2,1-3H3/t13-,14+,15+,16-,17+,18+,19+,20-/m1/s1. The predicted octanol–water partition coefficient (Wildman–Crippen LogP) is 4.41. The quantitative estimate of drug-likeness (QED) is 0.778. The van der Waals surface area contributed by atoms with Crippen molar-refractivity contribution in [1.29, 1.82) is 0 Å². The molecule has 0 unspecified atom stereocenters. The number of ether oxygens (including phenoxy) is 1. The SMILES string of the molecule is CO[C@H]1CC[C@]2(C)CC[C@@H]3[C@H](CC[C@@H]4C[C@@H](O)CC[C@]43C)[C@@H]12. The van der Waals surface area contributed by atoms with Gasteiger partial charge in [-0.2, -0.15) is 0 Å². The highest BCUT2D eigenvalue weighted by molar-refractivity contribution is 5.09. The number of hydrogen-bond donors (Lipinski definition) is 1. The van der Waals surface area contributed by atoms with Gasteiger partial charge < -0.3 is 9.84 Å². The molecule has 4 aliphatic rings. The lowest BCUT2D eigenvalue weighted by Gasteiger charge is -2.60. The Kier molecular flexibility index (Phi) is 3.66. The van der Waals surface area contributed by atoms with E-state index < -0.39 is 0 Å². The van der Waals surface area contributed by atoms with E-state index in [9.17, 15) is 5.11 Å². The lowest BCUT2D eigenvalue weighted by Crippen LogP contribution is -2.54. The monoisotopic (exact) mass is 306 g/mol. The third-order valence-electron chi connectivity index (χ3n) is 8.71. The van der Waals surface area contributed by atoms with E-state index in [1.54, 1.807) is 0 Å². The molecule has 4 fully saturated rings. The Morgan fingerprint density at radius 2 is 1.73 bits per heavy atom. The number of fused-ring (bicyclic) bond motifs is 5. The van der Waals surface area contributed by atoms with Crippen LogP contribution < -0.4 is 0 Å². The zero-order valence-corrected chi connectivity index (χ0v) is 14.7. The van der Waals surface area contributed by atoms with Crippen LogP contribution >= 0.6 is 0 Å². The molecule has 0 aromatic rings. The summed E-state index contributed by atoms with van der Waals surface area (Å²) in [6.45, 7) is 5.12. The Labute approximate surface area is 136 Å². The van der Waals surface area contributed by atoms with E-state index >= 15 is 0 Å². The summed E-state index contributed by atoms with van der Waals surface area (Å²) >= 11 is 0. The van der Waals surface area contributed by atoms with Crippen LogP contribution in [0.2, 0.25) is 0 Å². The van der Waals surface area contributed by atoms with Gasteiger partial charge in [-0.25, -0.2) is 0 Å². The molecule has 0 heterocycles. The number of hydrogen-bond acceptors (Lipinski definition) is 2. The first-order valence-corrected chi connectivity index (χ1v) is 9.69. The summed E-state index contributed by atoms with van der Waals surface area (Å²) in [5, 5.41) is 10.1. The summed E-state index contributed by atoms with van der Waals surface area (Å²) in [7, 11) is 1.93. The van der Waals surface area contributed by atoms with E-state index in [1.165, 1.54) is 44.9 Å². The Hall–Kier alpha value is -0.0800. The lowest BCUT2D eigenvalue weighted by molar-refractivity contribution is -0.139. The molecule has 8 atom stereocenters. The molecule has 0 spiro atoms. The molecule has 4 rings (SSSR count). The van der Waals surface area contributed by atoms with Crippen molar-refractivity contribution in [2.24, 2.45) is 34.5 Å². The zero-order chi connectivity index (χ0) is 15.5. The van der Waals surface area contributed by atoms with Crippen LogP contribution in [0, 0.1) is 34.5 Å². The first kappa shape index (κ1) is 15.4. The topological polar surface area (TPSA) is 29.5 Å². The first-order chi connectivity index (χ1) is 10.5. The highest BCUT2D eigenvalue weighted by Gasteiger charge is 2.60. The van der Waals surface area contributed by atoms with Gasteiger partial charge in [-0.1, -0.05) is 13.8 Å². The summed E-state index contributed by atoms with van der Waals surface area (Å²) in [5.41, 5.74) is 1.03. The van der Waals surface area contributed by atoms with Crippen molar-refractivity contribution in [2.45, 2.75) is 83.8 Å². The van der Waals surface area contributed by atoms with Crippen LogP contribution in [0.1, 0.15) is 71.6 Å². The average Bonchev–Trinajstić information content (AvgIpc) is 2.85. The van der Waals surface area contributed by atoms with Gasteiger partial charge in [0.2, 0.25) is 0 Å². The summed E-state index contributed by atoms with van der Waals surface area (Å²) in [4.78, 5) is 0. The molecule has 2 heteroatoms. The third-order valence-corrected chi connectivity index (χ3v) is 8.71. The van der Waals surface area contributed by atoms with Crippen LogP contribution in [-0.2, 0) is 4.74 Å². The van der Waals surface area contributed by atoms with Crippen LogP contribution in [0.5, 0.6) is 0 Å². The maximum Gasteiger partial charge on any atom is 0.0607 e. The molecule has 0 aromatic carbocycles. The second-order valence-electron chi connectivity index (χ2n) is 9.51. The van der Waals surface area contributed by atoms with Gasteiger partial charge in [0.05, 0.1) is 12.2 Å². The molecule has 4 saturated carbocycles. The zero-order valence-electron chi connectivity index (χ0n) is 14.7. The highest BCUT2D eigenvalue weighted by atomic mass is 16.5. The fourth-order valence-corrected chi connectivity index (χ4v) is 7.49. The van der Waals surface area contributed by atoms with Crippen LogP contribution in [0.4, 0.5) is 0 Å². The van der Waals surface area contributed by atoms with Gasteiger partial charge in [0.15, 0.2) is 0 Å². The van der Waals surface area contributed by atoms with Crippen molar-refractivity contribution in [3.63, 3.8) is 0 Å². The van der Waals surface area contributed by atoms with Crippen molar-refractivity contribution in [3.05, 3.63) is 0 Å². The Balaban J connectivity index is 1.64. The molecule has 0 aliphatic heterocycles. The summed E-state index contributed by atoms with van der Waals surface area (Å²) < 4.78 is 5.94. The van der Waals surface area contributed by atoms with Crippen LogP contribution in [0.25, 0.3) is 0 Å². The van der Waals surface area contributed by atoms with E-state index in [1.807, 2.05) is 7.11 Å². The maximum atomic E-state index is 10.1. The van der Waals surface area contributed by atoms with E-state index in [4.69, 9.17) is 4.74 Å². The fourth-order valence-electron chi connectivity index (χ4n) is 7.49. The molecule has 0 radical (unpaired) electrons. The molecular weight excluding hydrogens is 272 g/mol. The number of methoxy groups -OCH3 is 1. The molecule has 0 aromatic heterocycles. The largest absolute Gasteiger partial charge is 0.393 e. The highest BCUT2D eigenvalue weighted by Crippen LogP contribution is 2.66. The molecule has 126 valence electrons. The lowest BCUT2D eigenvalue weighted by atomic mass is 9.45. The van der Waals surface area contributed by atoms with E-state index in [0.717, 1.165) is 36.5 Å². The maximum absolute atomic E-state index is 10.1. The molecule has 22 heavy (non-hydrogen) atoms. The van der Waals surface area contributed by atoms with Crippen molar-refractivity contribution in [2.75, 3.05) is 7.11 Å². The minimum Gasteiger partial charge on any atom is -0.393 e. The minimum atomic E-state index is -0.0262. The molecule has 2 nitrogen and oxygen atoms in total. The second kappa shape index (κ2) is 5.21. The molecule has 1 N–H and O–H groups in total. The van der Waals surface area contributed by atoms with Gasteiger partial charge in [0.25, 0.3) is 0 Å². The van der Waals surface area contributed by atoms with E-state index in [2.05, 4.69) is 13.8 Å². The normalized spacial score (nSPS) is 57.8.